The van der Waals surface area contributed by atoms with E-state index in [4.69, 9.17) is 0 Å². The minimum absolute atomic E-state index is 0. The monoisotopic (exact) mass is 106 g/mol. The Hall–Kier alpha value is -0.900. The smallest absolute Gasteiger partial charge is 0.310 e. The summed E-state index contributed by atoms with van der Waals surface area (Å²) in [5.74, 6) is -0.579. The van der Waals surface area contributed by atoms with E-state index >= 15 is 0 Å². The zero-order chi connectivity index (χ0) is 4.99. The van der Waals surface area contributed by atoms with Crippen LogP contribution in [0.25, 0.3) is 0 Å². The SMILES string of the molecule is CC(=O)OC=O.O. The Morgan fingerprint density at radius 2 is 2.14 bits per heavy atom. The molecule has 0 aromatic carbocycles. The van der Waals surface area contributed by atoms with Crippen LogP contribution in [0.3, 0.4) is 0 Å². The lowest BCUT2D eigenvalue weighted by Gasteiger charge is -1.78. The number of esters is 1. The molecule has 42 valence electrons. The van der Waals surface area contributed by atoms with Gasteiger partial charge in [-0.3, -0.25) is 9.59 Å². The summed E-state index contributed by atoms with van der Waals surface area (Å²) >= 11 is 0. The highest BCUT2D eigenvalue weighted by Gasteiger charge is 1.82. The first-order valence-corrected chi connectivity index (χ1v) is 1.38. The summed E-state index contributed by atoms with van der Waals surface area (Å²) in [6.07, 6.45) is 0. The first-order valence-electron chi connectivity index (χ1n) is 1.38. The number of carbonyl (C=O) groups is 2. The lowest BCUT2D eigenvalue weighted by Crippen LogP contribution is -1.93. The van der Waals surface area contributed by atoms with Crippen LogP contribution in [0, 0.1) is 0 Å². The van der Waals surface area contributed by atoms with E-state index in [0.29, 0.717) is 0 Å². The molecule has 0 saturated carbocycles. The normalized spacial score (nSPS) is 5.86. The minimum Gasteiger partial charge on any atom is -0.412 e. The van der Waals surface area contributed by atoms with E-state index in [-0.39, 0.29) is 11.9 Å². The molecule has 0 aliphatic heterocycles. The fraction of sp³-hybridized carbons (Fsp3) is 0.333. The molecule has 0 saturated heterocycles. The van der Waals surface area contributed by atoms with Gasteiger partial charge in [0.1, 0.15) is 0 Å². The number of hydrogen-bond acceptors (Lipinski definition) is 3. The van der Waals surface area contributed by atoms with Crippen molar-refractivity contribution in [2.75, 3.05) is 0 Å². The van der Waals surface area contributed by atoms with E-state index in [2.05, 4.69) is 4.74 Å². The molecule has 4 heteroatoms. The fourth-order valence-electron chi connectivity index (χ4n) is 0.0678. The largest absolute Gasteiger partial charge is 0.412 e. The number of rotatable bonds is 1. The van der Waals surface area contributed by atoms with Crippen LogP contribution in [0.5, 0.6) is 0 Å². The summed E-state index contributed by atoms with van der Waals surface area (Å²) in [6.45, 7) is 1.26. The maximum atomic E-state index is 9.59. The van der Waals surface area contributed by atoms with Gasteiger partial charge in [-0.2, -0.15) is 0 Å². The molecule has 0 aromatic heterocycles. The fourth-order valence-corrected chi connectivity index (χ4v) is 0.0678. The van der Waals surface area contributed by atoms with Crippen molar-refractivity contribution in [2.24, 2.45) is 0 Å². The van der Waals surface area contributed by atoms with Crippen LogP contribution in [0.4, 0.5) is 0 Å². The average molecular weight is 106 g/mol. The summed E-state index contributed by atoms with van der Waals surface area (Å²) in [6, 6.07) is 0. The zero-order valence-electron chi connectivity index (χ0n) is 3.80. The summed E-state index contributed by atoms with van der Waals surface area (Å²) in [5.41, 5.74) is 0. The van der Waals surface area contributed by atoms with Gasteiger partial charge in [-0.25, -0.2) is 0 Å². The summed E-state index contributed by atoms with van der Waals surface area (Å²) in [4.78, 5) is 18.8. The molecule has 0 aliphatic rings. The van der Waals surface area contributed by atoms with Gasteiger partial charge in [-0.15, -0.1) is 0 Å². The van der Waals surface area contributed by atoms with E-state index in [1.807, 2.05) is 0 Å². The molecule has 0 heterocycles. The predicted octanol–water partition coefficient (Wildman–Crippen LogP) is -1.12. The predicted molar refractivity (Wildman–Crippen MR) is 21.4 cm³/mol. The number of ether oxygens (including phenoxy) is 1. The van der Waals surface area contributed by atoms with Crippen LogP contribution < -0.4 is 0 Å². The van der Waals surface area contributed by atoms with Gasteiger partial charge in [-0.05, 0) is 0 Å². The quantitative estimate of drug-likeness (QED) is 0.241. The molecule has 0 unspecified atom stereocenters. The molecule has 7 heavy (non-hydrogen) atoms. The molecule has 0 aliphatic carbocycles. The van der Waals surface area contributed by atoms with Gasteiger partial charge in [0, 0.05) is 6.92 Å². The maximum Gasteiger partial charge on any atom is 0.310 e. The Labute approximate surface area is 40.4 Å². The van der Waals surface area contributed by atoms with Crippen molar-refractivity contribution in [3.63, 3.8) is 0 Å². The lowest BCUT2D eigenvalue weighted by atomic mass is 10.8. The first-order chi connectivity index (χ1) is 2.77. The van der Waals surface area contributed by atoms with Gasteiger partial charge in [0.2, 0.25) is 0 Å². The molecule has 0 fully saturated rings. The molecule has 0 bridgehead atoms. The Balaban J connectivity index is 0. The minimum atomic E-state index is -0.579. The molecule has 2 N–H and O–H groups in total. The van der Waals surface area contributed by atoms with Crippen LogP contribution in [0.1, 0.15) is 6.92 Å². The second-order valence-electron chi connectivity index (χ2n) is 0.706. The lowest BCUT2D eigenvalue weighted by molar-refractivity contribution is -0.149. The third-order valence-electron chi connectivity index (χ3n) is 0.214. The molecule has 0 rings (SSSR count). The highest BCUT2D eigenvalue weighted by Crippen LogP contribution is 1.62. The van der Waals surface area contributed by atoms with Crippen molar-refractivity contribution in [2.45, 2.75) is 6.92 Å². The molecule has 0 spiro atoms. The second-order valence-corrected chi connectivity index (χ2v) is 0.706. The van der Waals surface area contributed by atoms with Gasteiger partial charge in [0.15, 0.2) is 0 Å². The highest BCUT2D eigenvalue weighted by molar-refractivity contribution is 5.73. The Morgan fingerprint density at radius 3 is 2.14 bits per heavy atom. The van der Waals surface area contributed by atoms with Gasteiger partial charge in [0.05, 0.1) is 0 Å². The summed E-state index contributed by atoms with van der Waals surface area (Å²) in [7, 11) is 0. The van der Waals surface area contributed by atoms with Crippen molar-refractivity contribution in [1.29, 1.82) is 0 Å². The zero-order valence-corrected chi connectivity index (χ0v) is 3.80. The third kappa shape index (κ3) is 11.1. The van der Waals surface area contributed by atoms with E-state index in [9.17, 15) is 9.59 Å². The summed E-state index contributed by atoms with van der Waals surface area (Å²) < 4.78 is 3.72. The van der Waals surface area contributed by atoms with Gasteiger partial charge in [0.25, 0.3) is 0 Å². The number of carbonyl (C=O) groups excluding carboxylic acids is 2. The molecule has 4 nitrogen and oxygen atoms in total. The molecular weight excluding hydrogens is 100 g/mol. The molecule has 0 atom stereocenters. The van der Waals surface area contributed by atoms with E-state index in [1.165, 1.54) is 0 Å². The second kappa shape index (κ2) is 5.10. The van der Waals surface area contributed by atoms with Crippen LogP contribution in [-0.4, -0.2) is 17.9 Å². The maximum absolute atomic E-state index is 9.59. The van der Waals surface area contributed by atoms with Gasteiger partial charge < -0.3 is 10.2 Å². The summed E-state index contributed by atoms with van der Waals surface area (Å²) in [5, 5.41) is 0. The van der Waals surface area contributed by atoms with E-state index in [0.717, 1.165) is 6.92 Å². The molecular formula is C3H6O4. The molecule has 0 aromatic rings. The number of hydrogen-bond donors (Lipinski definition) is 0. The molecule has 0 amide bonds. The average Bonchev–Trinajstić information content (AvgIpc) is 1.35. The molecule has 0 radical (unpaired) electrons. The Morgan fingerprint density at radius 1 is 1.71 bits per heavy atom. The van der Waals surface area contributed by atoms with E-state index < -0.39 is 5.97 Å². The topological polar surface area (TPSA) is 74.9 Å². The Kier molecular flexibility index (Phi) is 6.88. The van der Waals surface area contributed by atoms with Crippen molar-refractivity contribution in [3.05, 3.63) is 0 Å². The third-order valence-corrected chi connectivity index (χ3v) is 0.214. The van der Waals surface area contributed by atoms with Crippen molar-refractivity contribution >= 4 is 12.4 Å². The van der Waals surface area contributed by atoms with E-state index in [1.54, 1.807) is 0 Å². The van der Waals surface area contributed by atoms with Gasteiger partial charge >= 0.3 is 12.4 Å². The Bertz CT molecular complexity index is 67.3. The van der Waals surface area contributed by atoms with Crippen molar-refractivity contribution < 1.29 is 19.8 Å². The standard InChI is InChI=1S/C3H4O3.H2O/c1-3(5)6-2-4;/h2H,1H3;1H2. The van der Waals surface area contributed by atoms with Crippen molar-refractivity contribution in [1.82, 2.24) is 0 Å². The highest BCUT2D eigenvalue weighted by atomic mass is 16.6. The van der Waals surface area contributed by atoms with Crippen LogP contribution in [0.2, 0.25) is 0 Å². The van der Waals surface area contributed by atoms with Crippen molar-refractivity contribution in [3.8, 4) is 0 Å². The van der Waals surface area contributed by atoms with Gasteiger partial charge in [-0.1, -0.05) is 0 Å². The van der Waals surface area contributed by atoms with Crippen LogP contribution >= 0.6 is 0 Å². The van der Waals surface area contributed by atoms with Crippen LogP contribution in [-0.2, 0) is 14.3 Å². The first kappa shape index (κ1) is 9.44. The van der Waals surface area contributed by atoms with Crippen LogP contribution in [0.15, 0.2) is 0 Å².